The van der Waals surface area contributed by atoms with Crippen LogP contribution in [0.4, 0.5) is 5.69 Å². The van der Waals surface area contributed by atoms with Gasteiger partial charge >= 0.3 is 0 Å². The summed E-state index contributed by atoms with van der Waals surface area (Å²) in [6, 6.07) is 11.7. The Morgan fingerprint density at radius 1 is 1.08 bits per heavy atom. The van der Waals surface area contributed by atoms with Crippen molar-refractivity contribution < 1.29 is 13.5 Å². The number of phenols is 1. The predicted molar refractivity (Wildman–Crippen MR) is 102 cm³/mol. The molecular weight excluding hydrogens is 398 g/mol. The third-order valence-electron chi connectivity index (χ3n) is 3.51. The van der Waals surface area contributed by atoms with Crippen molar-refractivity contribution in [1.82, 2.24) is 0 Å². The van der Waals surface area contributed by atoms with Gasteiger partial charge in [0.1, 0.15) is 21.1 Å². The summed E-state index contributed by atoms with van der Waals surface area (Å²) in [5.74, 6) is 0.0625. The van der Waals surface area contributed by atoms with E-state index in [1.165, 1.54) is 22.5 Å². The summed E-state index contributed by atoms with van der Waals surface area (Å²) in [4.78, 5) is 4.56. The molecule has 2 aromatic carbocycles. The van der Waals surface area contributed by atoms with Crippen LogP contribution in [0, 0.1) is 13.8 Å². The van der Waals surface area contributed by atoms with Gasteiger partial charge in [0, 0.05) is 0 Å². The molecule has 0 saturated heterocycles. The van der Waals surface area contributed by atoms with Gasteiger partial charge in [-0.1, -0.05) is 56.5 Å². The fourth-order valence-electron chi connectivity index (χ4n) is 2.31. The van der Waals surface area contributed by atoms with E-state index in [9.17, 15) is 13.5 Å². The summed E-state index contributed by atoms with van der Waals surface area (Å²) in [5, 5.41) is 10.3. The number of nitrogens with zero attached hydrogens (tertiary/aromatic N) is 1. The summed E-state index contributed by atoms with van der Waals surface area (Å²) >= 11 is 6.31. The van der Waals surface area contributed by atoms with Gasteiger partial charge in [-0.3, -0.25) is 0 Å². The maximum absolute atomic E-state index is 12.7. The van der Waals surface area contributed by atoms with Crippen molar-refractivity contribution >= 4 is 47.8 Å². The Labute approximate surface area is 158 Å². The van der Waals surface area contributed by atoms with E-state index in [1.807, 2.05) is 13.0 Å². The van der Waals surface area contributed by atoms with E-state index in [2.05, 4.69) is 4.99 Å². The second-order valence-corrected chi connectivity index (χ2v) is 10.1. The standard InChI is InChI=1S/C17H14ClNO3S3/c1-10-8-11(2)15(20)13(9-10)19-16-14(18)17(24-23-16)25(21,22)12-6-4-3-5-7-12/h3-9,20H,1-2H3. The molecule has 0 fully saturated rings. The van der Waals surface area contributed by atoms with E-state index >= 15 is 0 Å². The summed E-state index contributed by atoms with van der Waals surface area (Å²) in [5.41, 5.74) is 2.02. The number of aromatic hydroxyl groups is 1. The number of sulfone groups is 1. The molecule has 25 heavy (non-hydrogen) atoms. The number of benzene rings is 2. The van der Waals surface area contributed by atoms with E-state index in [0.29, 0.717) is 15.9 Å². The summed E-state index contributed by atoms with van der Waals surface area (Å²) in [6.07, 6.45) is 0. The number of phenolic OH excluding ortho intramolecular Hbond substituents is 1. The van der Waals surface area contributed by atoms with Crippen LogP contribution in [0.3, 0.4) is 0 Å². The first-order valence-electron chi connectivity index (χ1n) is 7.24. The van der Waals surface area contributed by atoms with Gasteiger partial charge in [-0.2, -0.15) is 0 Å². The van der Waals surface area contributed by atoms with E-state index < -0.39 is 9.84 Å². The van der Waals surface area contributed by atoms with Crippen molar-refractivity contribution in [3.63, 3.8) is 0 Å². The molecule has 0 atom stereocenters. The Morgan fingerprint density at radius 3 is 2.44 bits per heavy atom. The van der Waals surface area contributed by atoms with Crippen LogP contribution in [0.25, 0.3) is 0 Å². The molecule has 1 heterocycles. The average Bonchev–Trinajstić information content (AvgIpc) is 2.94. The largest absolute Gasteiger partial charge is 0.505 e. The average molecular weight is 412 g/mol. The van der Waals surface area contributed by atoms with Gasteiger partial charge in [0.05, 0.1) is 4.90 Å². The van der Waals surface area contributed by atoms with Gasteiger partial charge in [0.2, 0.25) is 9.84 Å². The highest BCUT2D eigenvalue weighted by molar-refractivity contribution is 7.95. The number of hydrogen-bond donors (Lipinski definition) is 1. The Balaban J connectivity index is 2.15. The number of aryl methyl sites for hydroxylation is 2. The first-order chi connectivity index (χ1) is 11.8. The summed E-state index contributed by atoms with van der Waals surface area (Å²) < 4.78 is 25.9. The SMILES string of the molecule is Cc1cc(C)c(O)c(N=c2ssc(S(=O)(=O)c3ccccc3)c2Cl)c1. The van der Waals surface area contributed by atoms with Crippen molar-refractivity contribution in [2.75, 3.05) is 0 Å². The van der Waals surface area contributed by atoms with Gasteiger partial charge in [-0.15, -0.1) is 0 Å². The van der Waals surface area contributed by atoms with Crippen LogP contribution in [0.1, 0.15) is 11.1 Å². The fraction of sp³-hybridized carbons (Fsp3) is 0.118. The Morgan fingerprint density at radius 2 is 1.76 bits per heavy atom. The highest BCUT2D eigenvalue weighted by Crippen LogP contribution is 2.34. The van der Waals surface area contributed by atoms with Gasteiger partial charge < -0.3 is 5.11 Å². The summed E-state index contributed by atoms with van der Waals surface area (Å²) in [7, 11) is -1.47. The predicted octanol–water partition coefficient (Wildman–Crippen LogP) is 4.85. The van der Waals surface area contributed by atoms with Crippen LogP contribution in [0.2, 0.25) is 5.02 Å². The topological polar surface area (TPSA) is 66.7 Å². The molecule has 8 heteroatoms. The molecule has 0 radical (unpaired) electrons. The zero-order chi connectivity index (χ0) is 18.2. The molecular formula is C17H14ClNO3S3. The van der Waals surface area contributed by atoms with Crippen molar-refractivity contribution in [3.8, 4) is 5.75 Å². The highest BCUT2D eigenvalue weighted by Gasteiger charge is 2.24. The second-order valence-electron chi connectivity index (χ2n) is 5.45. The van der Waals surface area contributed by atoms with Gasteiger partial charge in [-0.05, 0) is 43.2 Å². The lowest BCUT2D eigenvalue weighted by molar-refractivity contribution is 0.472. The lowest BCUT2D eigenvalue weighted by Crippen LogP contribution is -2.03. The third kappa shape index (κ3) is 3.50. The quantitative estimate of drug-likeness (QED) is 0.626. The van der Waals surface area contributed by atoms with E-state index in [0.717, 1.165) is 15.9 Å². The minimum absolute atomic E-state index is 0.0625. The molecule has 1 aromatic heterocycles. The Bertz CT molecular complexity index is 1100. The lowest BCUT2D eigenvalue weighted by Gasteiger charge is -2.04. The highest BCUT2D eigenvalue weighted by atomic mass is 35.5. The fourth-order valence-corrected chi connectivity index (χ4v) is 7.82. The van der Waals surface area contributed by atoms with Crippen molar-refractivity contribution in [1.29, 1.82) is 0 Å². The number of hydrogen-bond acceptors (Lipinski definition) is 6. The molecule has 0 aliphatic rings. The van der Waals surface area contributed by atoms with E-state index in [-0.39, 0.29) is 19.9 Å². The zero-order valence-electron chi connectivity index (χ0n) is 13.4. The third-order valence-corrected chi connectivity index (χ3v) is 9.14. The maximum Gasteiger partial charge on any atom is 0.218 e. The smallest absolute Gasteiger partial charge is 0.218 e. The van der Waals surface area contributed by atoms with Crippen LogP contribution in [0.15, 0.2) is 56.6 Å². The Kier molecular flexibility index (Phi) is 5.02. The first-order valence-corrected chi connectivity index (χ1v) is 11.3. The molecule has 0 saturated carbocycles. The van der Waals surface area contributed by atoms with Crippen LogP contribution in [0.5, 0.6) is 5.75 Å². The maximum atomic E-state index is 12.7. The number of halogens is 1. The first kappa shape index (κ1) is 18.1. The summed E-state index contributed by atoms with van der Waals surface area (Å²) in [6.45, 7) is 3.68. The van der Waals surface area contributed by atoms with Crippen LogP contribution in [-0.4, -0.2) is 13.5 Å². The van der Waals surface area contributed by atoms with Crippen molar-refractivity contribution in [2.24, 2.45) is 4.99 Å². The van der Waals surface area contributed by atoms with Crippen LogP contribution < -0.4 is 4.67 Å². The van der Waals surface area contributed by atoms with Crippen LogP contribution in [-0.2, 0) is 9.84 Å². The van der Waals surface area contributed by atoms with E-state index in [1.54, 1.807) is 31.2 Å². The van der Waals surface area contributed by atoms with Gasteiger partial charge in [0.15, 0.2) is 4.21 Å². The molecule has 1 N–H and O–H groups in total. The molecule has 4 nitrogen and oxygen atoms in total. The monoisotopic (exact) mass is 411 g/mol. The van der Waals surface area contributed by atoms with Crippen molar-refractivity contribution in [3.05, 3.63) is 63.3 Å². The zero-order valence-corrected chi connectivity index (χ0v) is 16.6. The molecule has 0 amide bonds. The molecule has 3 aromatic rings. The molecule has 0 bridgehead atoms. The molecule has 0 aliphatic carbocycles. The van der Waals surface area contributed by atoms with Crippen LogP contribution >= 0.6 is 32.3 Å². The minimum Gasteiger partial charge on any atom is -0.505 e. The molecule has 0 spiro atoms. The lowest BCUT2D eigenvalue weighted by atomic mass is 10.1. The van der Waals surface area contributed by atoms with Gasteiger partial charge in [0.25, 0.3) is 0 Å². The normalized spacial score (nSPS) is 12.5. The molecule has 130 valence electrons. The molecule has 0 unspecified atom stereocenters. The molecule has 0 aliphatic heterocycles. The van der Waals surface area contributed by atoms with Crippen molar-refractivity contribution in [2.45, 2.75) is 23.0 Å². The van der Waals surface area contributed by atoms with Gasteiger partial charge in [-0.25, -0.2) is 13.4 Å². The molecule has 3 rings (SSSR count). The Hall–Kier alpha value is -1.67. The minimum atomic E-state index is -3.69. The van der Waals surface area contributed by atoms with E-state index in [4.69, 9.17) is 11.6 Å². The second kappa shape index (κ2) is 6.92. The number of rotatable bonds is 3.